The lowest BCUT2D eigenvalue weighted by Crippen LogP contribution is -2.39. The highest BCUT2D eigenvalue weighted by atomic mass is 16.2. The van der Waals surface area contributed by atoms with Gasteiger partial charge < -0.3 is 4.90 Å². The lowest BCUT2D eigenvalue weighted by atomic mass is 10.0. The van der Waals surface area contributed by atoms with E-state index >= 15 is 0 Å². The molecule has 2 aromatic rings. The van der Waals surface area contributed by atoms with Crippen molar-refractivity contribution in [1.29, 1.82) is 5.26 Å². The average Bonchev–Trinajstić information content (AvgIpc) is 3.09. The number of nitriles is 1. The number of hydrogen-bond acceptors (Lipinski definition) is 3. The van der Waals surface area contributed by atoms with E-state index in [1.807, 2.05) is 21.8 Å². The maximum atomic E-state index is 12.4. The second-order valence-corrected chi connectivity index (χ2v) is 5.20. The van der Waals surface area contributed by atoms with Crippen molar-refractivity contribution < 1.29 is 4.79 Å². The Bertz CT molecular complexity index is 647. The standard InChI is InChI=1S/C16H16N4O/c17-12-13-2-4-14(5-3-13)16(21)19-10-6-15(7-11-19)20-9-1-8-18-20/h1-5,8-9,15H,6-7,10-11H2. The zero-order valence-electron chi connectivity index (χ0n) is 11.6. The Morgan fingerprint density at radius 3 is 2.52 bits per heavy atom. The Balaban J connectivity index is 1.63. The molecule has 0 N–H and O–H groups in total. The van der Waals surface area contributed by atoms with Crippen molar-refractivity contribution in [3.8, 4) is 6.07 Å². The van der Waals surface area contributed by atoms with Crippen LogP contribution in [-0.4, -0.2) is 33.7 Å². The van der Waals surface area contributed by atoms with Crippen molar-refractivity contribution >= 4 is 5.91 Å². The highest BCUT2D eigenvalue weighted by molar-refractivity contribution is 5.94. The van der Waals surface area contributed by atoms with E-state index in [4.69, 9.17) is 5.26 Å². The van der Waals surface area contributed by atoms with Crippen LogP contribution in [-0.2, 0) is 0 Å². The van der Waals surface area contributed by atoms with Gasteiger partial charge in [0.2, 0.25) is 0 Å². The van der Waals surface area contributed by atoms with Crippen molar-refractivity contribution in [2.45, 2.75) is 18.9 Å². The van der Waals surface area contributed by atoms with Crippen LogP contribution < -0.4 is 0 Å². The minimum atomic E-state index is 0.0402. The van der Waals surface area contributed by atoms with Gasteiger partial charge in [0.15, 0.2) is 0 Å². The number of rotatable bonds is 2. The lowest BCUT2D eigenvalue weighted by molar-refractivity contribution is 0.0690. The SMILES string of the molecule is N#Cc1ccc(C(=O)N2CCC(n3cccn3)CC2)cc1. The smallest absolute Gasteiger partial charge is 0.253 e. The molecule has 0 spiro atoms. The molecule has 1 saturated heterocycles. The lowest BCUT2D eigenvalue weighted by Gasteiger charge is -2.32. The molecule has 5 heteroatoms. The summed E-state index contributed by atoms with van der Waals surface area (Å²) in [6.45, 7) is 1.48. The first-order valence-electron chi connectivity index (χ1n) is 7.06. The number of carbonyl (C=O) groups is 1. The van der Waals surface area contributed by atoms with Gasteiger partial charge in [0, 0.05) is 31.0 Å². The van der Waals surface area contributed by atoms with E-state index in [0.29, 0.717) is 17.2 Å². The molecule has 21 heavy (non-hydrogen) atoms. The molecule has 1 aliphatic heterocycles. The normalized spacial score (nSPS) is 15.7. The third-order valence-corrected chi connectivity index (χ3v) is 3.91. The number of amides is 1. The second-order valence-electron chi connectivity index (χ2n) is 5.20. The number of likely N-dealkylation sites (tertiary alicyclic amines) is 1. The first-order valence-corrected chi connectivity index (χ1v) is 7.06. The molecule has 106 valence electrons. The molecule has 0 unspecified atom stereocenters. The Kier molecular flexibility index (Phi) is 3.69. The Morgan fingerprint density at radius 1 is 1.24 bits per heavy atom. The average molecular weight is 280 g/mol. The fraction of sp³-hybridized carbons (Fsp3) is 0.312. The predicted octanol–water partition coefficient (Wildman–Crippen LogP) is 2.23. The summed E-state index contributed by atoms with van der Waals surface area (Å²) in [5, 5.41) is 13.1. The molecule has 0 radical (unpaired) electrons. The van der Waals surface area contributed by atoms with Gasteiger partial charge in [-0.25, -0.2) is 0 Å². The van der Waals surface area contributed by atoms with Crippen molar-refractivity contribution in [2.24, 2.45) is 0 Å². The van der Waals surface area contributed by atoms with Gasteiger partial charge in [0.05, 0.1) is 17.7 Å². The molecule has 0 bridgehead atoms. The van der Waals surface area contributed by atoms with Crippen molar-refractivity contribution in [2.75, 3.05) is 13.1 Å². The molecule has 5 nitrogen and oxygen atoms in total. The Hall–Kier alpha value is -2.61. The van der Waals surface area contributed by atoms with Crippen LogP contribution in [0.25, 0.3) is 0 Å². The maximum Gasteiger partial charge on any atom is 0.253 e. The summed E-state index contributed by atoms with van der Waals surface area (Å²) in [6.07, 6.45) is 5.60. The van der Waals surface area contributed by atoms with E-state index in [-0.39, 0.29) is 5.91 Å². The number of aromatic nitrogens is 2. The Labute approximate surface area is 123 Å². The summed E-state index contributed by atoms with van der Waals surface area (Å²) < 4.78 is 1.98. The number of benzene rings is 1. The van der Waals surface area contributed by atoms with Crippen LogP contribution in [0.2, 0.25) is 0 Å². The van der Waals surface area contributed by atoms with Gasteiger partial charge in [-0.15, -0.1) is 0 Å². The first-order chi connectivity index (χ1) is 10.3. The van der Waals surface area contributed by atoms with E-state index in [1.165, 1.54) is 0 Å². The quantitative estimate of drug-likeness (QED) is 0.847. The second kappa shape index (κ2) is 5.80. The van der Waals surface area contributed by atoms with Gasteiger partial charge in [-0.3, -0.25) is 9.48 Å². The molecular formula is C16H16N4O. The zero-order valence-corrected chi connectivity index (χ0v) is 11.6. The van der Waals surface area contributed by atoms with E-state index in [0.717, 1.165) is 25.9 Å². The predicted molar refractivity (Wildman–Crippen MR) is 77.6 cm³/mol. The summed E-state index contributed by atoms with van der Waals surface area (Å²) in [7, 11) is 0. The first kappa shape index (κ1) is 13.4. The highest BCUT2D eigenvalue weighted by Gasteiger charge is 2.24. The molecule has 2 heterocycles. The van der Waals surface area contributed by atoms with Crippen LogP contribution >= 0.6 is 0 Å². The van der Waals surface area contributed by atoms with Crippen LogP contribution in [0.5, 0.6) is 0 Å². The van der Waals surface area contributed by atoms with E-state index < -0.39 is 0 Å². The van der Waals surface area contributed by atoms with Gasteiger partial charge in [-0.2, -0.15) is 10.4 Å². The topological polar surface area (TPSA) is 61.9 Å². The van der Waals surface area contributed by atoms with Crippen LogP contribution in [0.3, 0.4) is 0 Å². The van der Waals surface area contributed by atoms with Crippen molar-refractivity contribution in [3.63, 3.8) is 0 Å². The van der Waals surface area contributed by atoms with Crippen molar-refractivity contribution in [3.05, 3.63) is 53.9 Å². The number of nitrogens with zero attached hydrogens (tertiary/aromatic N) is 4. The summed E-state index contributed by atoms with van der Waals surface area (Å²) in [4.78, 5) is 14.3. The molecule has 1 amide bonds. The molecular weight excluding hydrogens is 264 g/mol. The molecule has 3 rings (SSSR count). The van der Waals surface area contributed by atoms with Gasteiger partial charge in [0.1, 0.15) is 0 Å². The summed E-state index contributed by atoms with van der Waals surface area (Å²) in [6, 6.07) is 11.2. The number of hydrogen-bond donors (Lipinski definition) is 0. The summed E-state index contributed by atoms with van der Waals surface area (Å²) >= 11 is 0. The largest absolute Gasteiger partial charge is 0.338 e. The van der Waals surface area contributed by atoms with Crippen LogP contribution in [0.1, 0.15) is 34.8 Å². The van der Waals surface area contributed by atoms with Crippen molar-refractivity contribution in [1.82, 2.24) is 14.7 Å². The third kappa shape index (κ3) is 2.79. The summed E-state index contributed by atoms with van der Waals surface area (Å²) in [5.41, 5.74) is 1.22. The van der Waals surface area contributed by atoms with Gasteiger partial charge in [0.25, 0.3) is 5.91 Å². The molecule has 1 aromatic heterocycles. The van der Waals surface area contributed by atoms with Gasteiger partial charge >= 0.3 is 0 Å². The molecule has 1 aliphatic rings. The Morgan fingerprint density at radius 2 is 1.95 bits per heavy atom. The number of carbonyl (C=O) groups excluding carboxylic acids is 1. The molecule has 1 aromatic carbocycles. The van der Waals surface area contributed by atoms with Crippen LogP contribution in [0.4, 0.5) is 0 Å². The van der Waals surface area contributed by atoms with E-state index in [2.05, 4.69) is 11.2 Å². The maximum absolute atomic E-state index is 12.4. The minimum absolute atomic E-state index is 0.0402. The molecule has 0 saturated carbocycles. The monoisotopic (exact) mass is 280 g/mol. The minimum Gasteiger partial charge on any atom is -0.338 e. The highest BCUT2D eigenvalue weighted by Crippen LogP contribution is 2.22. The fourth-order valence-electron chi connectivity index (χ4n) is 2.70. The molecule has 1 fully saturated rings. The van der Waals surface area contributed by atoms with Gasteiger partial charge in [-0.1, -0.05) is 0 Å². The molecule has 0 aliphatic carbocycles. The van der Waals surface area contributed by atoms with Crippen LogP contribution in [0.15, 0.2) is 42.7 Å². The van der Waals surface area contributed by atoms with Crippen LogP contribution in [0, 0.1) is 11.3 Å². The third-order valence-electron chi connectivity index (χ3n) is 3.91. The number of piperidine rings is 1. The van der Waals surface area contributed by atoms with Gasteiger partial charge in [-0.05, 0) is 43.2 Å². The molecule has 0 atom stereocenters. The zero-order chi connectivity index (χ0) is 14.7. The fourth-order valence-corrected chi connectivity index (χ4v) is 2.70. The summed E-state index contributed by atoms with van der Waals surface area (Å²) in [5.74, 6) is 0.0402. The van der Waals surface area contributed by atoms with E-state index in [9.17, 15) is 4.79 Å². The van der Waals surface area contributed by atoms with E-state index in [1.54, 1.807) is 30.5 Å².